The van der Waals surface area contributed by atoms with Gasteiger partial charge in [0.05, 0.1) is 17.7 Å². The Bertz CT molecular complexity index is 1060. The normalized spacial score (nSPS) is 15.3. The van der Waals surface area contributed by atoms with Gasteiger partial charge in [-0.25, -0.2) is 0 Å². The molecule has 3 heterocycles. The van der Waals surface area contributed by atoms with E-state index in [4.69, 9.17) is 0 Å². The standard InChI is InChI=1S/C20H21N3S/c1-21(2)9-10-22-12-14-4-3-5-15-16-6-7-18-17(8-11-24-18)20(16)23(13-22)19(14)15/h3-8,11H,9-10,12-13H2,1-2H3. The average molecular weight is 335 g/mol. The molecule has 0 radical (unpaired) electrons. The lowest BCUT2D eigenvalue weighted by Crippen LogP contribution is -2.35. The Kier molecular flexibility index (Phi) is 3.20. The molecule has 2 aromatic carbocycles. The maximum atomic E-state index is 2.56. The van der Waals surface area contributed by atoms with E-state index in [1.165, 1.54) is 37.5 Å². The molecule has 122 valence electrons. The van der Waals surface area contributed by atoms with E-state index in [9.17, 15) is 0 Å². The molecule has 2 aromatic heterocycles. The molecule has 24 heavy (non-hydrogen) atoms. The number of thiophene rings is 1. The van der Waals surface area contributed by atoms with Gasteiger partial charge < -0.3 is 9.47 Å². The summed E-state index contributed by atoms with van der Waals surface area (Å²) in [6.45, 7) is 4.23. The molecule has 0 fully saturated rings. The van der Waals surface area contributed by atoms with Crippen molar-refractivity contribution in [2.24, 2.45) is 0 Å². The third kappa shape index (κ3) is 2.04. The van der Waals surface area contributed by atoms with Crippen LogP contribution in [0.5, 0.6) is 0 Å². The van der Waals surface area contributed by atoms with Crippen molar-refractivity contribution < 1.29 is 0 Å². The van der Waals surface area contributed by atoms with Crippen LogP contribution in [0.15, 0.2) is 41.8 Å². The van der Waals surface area contributed by atoms with Crippen LogP contribution in [0.3, 0.4) is 0 Å². The van der Waals surface area contributed by atoms with Crippen LogP contribution in [0.4, 0.5) is 0 Å². The number of benzene rings is 2. The summed E-state index contributed by atoms with van der Waals surface area (Å²) in [6, 6.07) is 13.7. The number of rotatable bonds is 3. The minimum Gasteiger partial charge on any atom is -0.326 e. The van der Waals surface area contributed by atoms with E-state index in [-0.39, 0.29) is 0 Å². The number of hydrogen-bond acceptors (Lipinski definition) is 3. The quantitative estimate of drug-likeness (QED) is 0.552. The summed E-state index contributed by atoms with van der Waals surface area (Å²) in [6.07, 6.45) is 0. The van der Waals surface area contributed by atoms with Gasteiger partial charge in [0, 0.05) is 40.5 Å². The number of fused-ring (bicyclic) bond motifs is 5. The summed E-state index contributed by atoms with van der Waals surface area (Å²) >= 11 is 1.83. The van der Waals surface area contributed by atoms with Crippen LogP contribution in [-0.2, 0) is 13.2 Å². The van der Waals surface area contributed by atoms with Crippen molar-refractivity contribution in [1.29, 1.82) is 0 Å². The van der Waals surface area contributed by atoms with Gasteiger partial charge in [-0.2, -0.15) is 0 Å². The number of aromatic nitrogens is 1. The predicted octanol–water partition coefficient (Wildman–Crippen LogP) is 4.34. The third-order valence-electron chi connectivity index (χ3n) is 5.16. The number of hydrogen-bond donors (Lipinski definition) is 0. The fourth-order valence-corrected chi connectivity index (χ4v) is 4.82. The molecule has 0 amide bonds. The lowest BCUT2D eigenvalue weighted by Gasteiger charge is -2.30. The van der Waals surface area contributed by atoms with E-state index in [0.717, 1.165) is 26.3 Å². The highest BCUT2D eigenvalue weighted by molar-refractivity contribution is 7.17. The molecule has 0 atom stereocenters. The zero-order valence-corrected chi connectivity index (χ0v) is 14.9. The van der Waals surface area contributed by atoms with Gasteiger partial charge >= 0.3 is 0 Å². The Morgan fingerprint density at radius 1 is 1.00 bits per heavy atom. The van der Waals surface area contributed by atoms with Gasteiger partial charge in [0.1, 0.15) is 0 Å². The van der Waals surface area contributed by atoms with E-state index >= 15 is 0 Å². The molecule has 0 bridgehead atoms. The molecular formula is C20H21N3S. The van der Waals surface area contributed by atoms with Crippen LogP contribution >= 0.6 is 11.3 Å². The van der Waals surface area contributed by atoms with Crippen molar-refractivity contribution in [1.82, 2.24) is 14.4 Å². The van der Waals surface area contributed by atoms with Crippen LogP contribution in [0, 0.1) is 0 Å². The van der Waals surface area contributed by atoms with E-state index in [0.29, 0.717) is 0 Å². The van der Waals surface area contributed by atoms with E-state index in [1.807, 2.05) is 11.3 Å². The van der Waals surface area contributed by atoms with Gasteiger partial charge in [-0.15, -0.1) is 11.3 Å². The van der Waals surface area contributed by atoms with Gasteiger partial charge in [0.15, 0.2) is 0 Å². The van der Waals surface area contributed by atoms with E-state index < -0.39 is 0 Å². The summed E-state index contributed by atoms with van der Waals surface area (Å²) in [5, 5.41) is 6.41. The van der Waals surface area contributed by atoms with Crippen LogP contribution in [0.2, 0.25) is 0 Å². The lowest BCUT2D eigenvalue weighted by atomic mass is 10.1. The van der Waals surface area contributed by atoms with Gasteiger partial charge in [-0.3, -0.25) is 4.90 Å². The Balaban J connectivity index is 1.76. The molecule has 0 unspecified atom stereocenters. The molecule has 3 nitrogen and oxygen atoms in total. The molecule has 5 rings (SSSR count). The average Bonchev–Trinajstić information content (AvgIpc) is 3.17. The van der Waals surface area contributed by atoms with Crippen LogP contribution < -0.4 is 0 Å². The van der Waals surface area contributed by atoms with Crippen molar-refractivity contribution in [2.75, 3.05) is 27.2 Å². The number of nitrogens with zero attached hydrogens (tertiary/aromatic N) is 3. The molecule has 4 heteroatoms. The minimum absolute atomic E-state index is 0.986. The van der Waals surface area contributed by atoms with E-state index in [2.05, 4.69) is 70.2 Å². The highest BCUT2D eigenvalue weighted by Gasteiger charge is 2.23. The zero-order valence-electron chi connectivity index (χ0n) is 14.1. The number of likely N-dealkylation sites (N-methyl/N-ethyl adjacent to an activating group) is 1. The first-order valence-electron chi connectivity index (χ1n) is 8.49. The smallest absolute Gasteiger partial charge is 0.0760 e. The first-order chi connectivity index (χ1) is 11.7. The fourth-order valence-electron chi connectivity index (χ4n) is 4.03. The van der Waals surface area contributed by atoms with Gasteiger partial charge in [0.25, 0.3) is 0 Å². The maximum absolute atomic E-state index is 2.56. The molecule has 1 aliphatic rings. The van der Waals surface area contributed by atoms with Crippen molar-refractivity contribution >= 4 is 43.2 Å². The summed E-state index contributed by atoms with van der Waals surface area (Å²) in [5.74, 6) is 0. The van der Waals surface area contributed by atoms with Gasteiger partial charge in [-0.1, -0.05) is 24.3 Å². The highest BCUT2D eigenvalue weighted by Crippen LogP contribution is 2.39. The summed E-state index contributed by atoms with van der Waals surface area (Å²) in [7, 11) is 4.30. The maximum Gasteiger partial charge on any atom is 0.0760 e. The van der Waals surface area contributed by atoms with Crippen molar-refractivity contribution in [2.45, 2.75) is 13.2 Å². The first-order valence-corrected chi connectivity index (χ1v) is 9.37. The Morgan fingerprint density at radius 3 is 2.75 bits per heavy atom. The van der Waals surface area contributed by atoms with Crippen LogP contribution in [-0.4, -0.2) is 41.6 Å². The van der Waals surface area contributed by atoms with Crippen molar-refractivity contribution in [3.8, 4) is 0 Å². The molecule has 0 N–H and O–H groups in total. The first kappa shape index (κ1) is 14.5. The second-order valence-electron chi connectivity index (χ2n) is 7.03. The predicted molar refractivity (Wildman–Crippen MR) is 104 cm³/mol. The molecule has 0 saturated carbocycles. The Morgan fingerprint density at radius 2 is 1.88 bits per heavy atom. The minimum atomic E-state index is 0.986. The second kappa shape index (κ2) is 5.31. The van der Waals surface area contributed by atoms with Crippen LogP contribution in [0.25, 0.3) is 31.9 Å². The van der Waals surface area contributed by atoms with Crippen molar-refractivity contribution in [3.05, 3.63) is 47.3 Å². The summed E-state index contributed by atoms with van der Waals surface area (Å²) in [5.41, 5.74) is 4.30. The SMILES string of the molecule is CN(C)CCN1Cc2cccc3c4ccc5sccc5c4n(c23)C1. The van der Waals surface area contributed by atoms with E-state index in [1.54, 1.807) is 0 Å². The monoisotopic (exact) mass is 335 g/mol. The van der Waals surface area contributed by atoms with Crippen LogP contribution in [0.1, 0.15) is 5.56 Å². The Labute approximate surface area is 145 Å². The zero-order chi connectivity index (χ0) is 16.3. The molecular weight excluding hydrogens is 314 g/mol. The topological polar surface area (TPSA) is 11.4 Å². The fraction of sp³-hybridized carbons (Fsp3) is 0.300. The van der Waals surface area contributed by atoms with Gasteiger partial charge in [-0.05, 0) is 37.2 Å². The molecule has 4 aromatic rings. The molecule has 1 aliphatic heterocycles. The third-order valence-corrected chi connectivity index (χ3v) is 6.04. The lowest BCUT2D eigenvalue weighted by molar-refractivity contribution is 0.186. The Hall–Kier alpha value is -1.88. The second-order valence-corrected chi connectivity index (χ2v) is 7.98. The summed E-state index contributed by atoms with van der Waals surface area (Å²) in [4.78, 5) is 4.83. The molecule has 0 spiro atoms. The highest BCUT2D eigenvalue weighted by atomic mass is 32.1. The summed E-state index contributed by atoms with van der Waals surface area (Å²) < 4.78 is 3.93. The van der Waals surface area contributed by atoms with Crippen molar-refractivity contribution in [3.63, 3.8) is 0 Å². The van der Waals surface area contributed by atoms with Gasteiger partial charge in [0.2, 0.25) is 0 Å². The number of para-hydroxylation sites is 1. The molecule has 0 aliphatic carbocycles. The largest absolute Gasteiger partial charge is 0.326 e. The molecule has 0 saturated heterocycles.